The number of aromatic nitrogens is 2. The predicted molar refractivity (Wildman–Crippen MR) is 66.8 cm³/mol. The summed E-state index contributed by atoms with van der Waals surface area (Å²) in [6, 6.07) is 0. The van der Waals surface area contributed by atoms with Crippen LogP contribution in [-0.2, 0) is 16.1 Å². The zero-order valence-electron chi connectivity index (χ0n) is 10.8. The number of carboxylic acid groups (broad SMARTS) is 1. The lowest BCUT2D eigenvalue weighted by Crippen LogP contribution is -2.21. The average molecular weight is 268 g/mol. The van der Waals surface area contributed by atoms with Gasteiger partial charge in [-0.25, -0.2) is 0 Å². The second-order valence-electron chi connectivity index (χ2n) is 3.77. The topological polar surface area (TPSA) is 113 Å². The van der Waals surface area contributed by atoms with E-state index in [2.05, 4.69) is 15.7 Å². The molecule has 0 radical (unpaired) electrons. The van der Waals surface area contributed by atoms with Crippen LogP contribution in [0.2, 0.25) is 0 Å². The highest BCUT2D eigenvalue weighted by Crippen LogP contribution is 2.14. The third kappa shape index (κ3) is 4.09. The lowest BCUT2D eigenvalue weighted by atomic mass is 10.3. The normalized spacial score (nSPS) is 10.0. The van der Waals surface area contributed by atoms with Gasteiger partial charge >= 0.3 is 5.97 Å². The first-order chi connectivity index (χ1) is 8.97. The van der Waals surface area contributed by atoms with E-state index >= 15 is 0 Å². The summed E-state index contributed by atoms with van der Waals surface area (Å²) >= 11 is 0. The van der Waals surface area contributed by atoms with Crippen molar-refractivity contribution < 1.29 is 19.5 Å². The van der Waals surface area contributed by atoms with Crippen molar-refractivity contribution in [2.45, 2.75) is 26.3 Å². The van der Waals surface area contributed by atoms with Gasteiger partial charge < -0.3 is 15.7 Å². The standard InChI is InChI=1S/C11H16N4O4/c1-3-15-6-7(10(14-15)11(19)12-2)13-8(16)4-5-9(17)18/h6H,3-5H2,1-2H3,(H,12,19)(H,13,16)(H,17,18). The molecular weight excluding hydrogens is 252 g/mol. The number of carbonyl (C=O) groups is 3. The summed E-state index contributed by atoms with van der Waals surface area (Å²) in [5.74, 6) is -1.94. The van der Waals surface area contributed by atoms with Gasteiger partial charge in [-0.05, 0) is 6.92 Å². The molecule has 0 bridgehead atoms. The monoisotopic (exact) mass is 268 g/mol. The van der Waals surface area contributed by atoms with Crippen LogP contribution in [0.25, 0.3) is 0 Å². The number of hydrogen-bond donors (Lipinski definition) is 3. The Balaban J connectivity index is 2.81. The van der Waals surface area contributed by atoms with E-state index in [-0.39, 0.29) is 24.2 Å². The van der Waals surface area contributed by atoms with Crippen molar-refractivity contribution in [3.63, 3.8) is 0 Å². The van der Waals surface area contributed by atoms with Crippen molar-refractivity contribution in [3.05, 3.63) is 11.9 Å². The smallest absolute Gasteiger partial charge is 0.303 e. The summed E-state index contributed by atoms with van der Waals surface area (Å²) in [5, 5.41) is 17.4. The Labute approximate surface area is 109 Å². The van der Waals surface area contributed by atoms with E-state index in [1.165, 1.54) is 17.9 Å². The first-order valence-electron chi connectivity index (χ1n) is 5.79. The molecule has 0 unspecified atom stereocenters. The van der Waals surface area contributed by atoms with Gasteiger partial charge in [0, 0.05) is 26.2 Å². The molecule has 1 aromatic heterocycles. The summed E-state index contributed by atoms with van der Waals surface area (Å²) in [6.07, 6.45) is 1.12. The highest BCUT2D eigenvalue weighted by molar-refractivity contribution is 6.02. The van der Waals surface area contributed by atoms with Gasteiger partial charge in [0.1, 0.15) is 0 Å². The quantitative estimate of drug-likeness (QED) is 0.675. The molecule has 0 atom stereocenters. The van der Waals surface area contributed by atoms with Crippen molar-refractivity contribution in [3.8, 4) is 0 Å². The van der Waals surface area contributed by atoms with E-state index in [1.807, 2.05) is 6.92 Å². The van der Waals surface area contributed by atoms with Crippen LogP contribution in [0.15, 0.2) is 6.20 Å². The average Bonchev–Trinajstić information content (AvgIpc) is 2.78. The lowest BCUT2D eigenvalue weighted by Gasteiger charge is -2.03. The molecule has 3 N–H and O–H groups in total. The third-order valence-electron chi connectivity index (χ3n) is 2.37. The number of nitrogens with one attached hydrogen (secondary N) is 2. The minimum atomic E-state index is -1.05. The van der Waals surface area contributed by atoms with Crippen LogP contribution < -0.4 is 10.6 Å². The van der Waals surface area contributed by atoms with Gasteiger partial charge in [-0.2, -0.15) is 5.10 Å². The SMILES string of the molecule is CCn1cc(NC(=O)CCC(=O)O)c(C(=O)NC)n1. The Morgan fingerprint density at radius 3 is 2.58 bits per heavy atom. The molecule has 0 fully saturated rings. The zero-order chi connectivity index (χ0) is 14.4. The first kappa shape index (κ1) is 14.7. The summed E-state index contributed by atoms with van der Waals surface area (Å²) in [7, 11) is 1.46. The summed E-state index contributed by atoms with van der Waals surface area (Å²) in [4.78, 5) is 33.5. The van der Waals surface area contributed by atoms with Crippen LogP contribution in [0, 0.1) is 0 Å². The molecule has 8 heteroatoms. The molecule has 0 saturated heterocycles. The molecule has 1 aromatic rings. The molecular formula is C11H16N4O4. The minimum Gasteiger partial charge on any atom is -0.481 e. The second kappa shape index (κ2) is 6.53. The summed E-state index contributed by atoms with van der Waals surface area (Å²) < 4.78 is 1.51. The number of anilines is 1. The molecule has 0 aliphatic heterocycles. The maximum atomic E-state index is 11.6. The Bertz CT molecular complexity index is 495. The van der Waals surface area contributed by atoms with Gasteiger partial charge in [-0.3, -0.25) is 19.1 Å². The molecule has 1 rings (SSSR count). The number of rotatable bonds is 6. The molecule has 0 saturated carbocycles. The Morgan fingerprint density at radius 2 is 2.05 bits per heavy atom. The number of amides is 2. The minimum absolute atomic E-state index is 0.105. The van der Waals surface area contributed by atoms with E-state index in [0.717, 1.165) is 0 Å². The van der Waals surface area contributed by atoms with Crippen LogP contribution in [0.4, 0.5) is 5.69 Å². The number of aliphatic carboxylic acids is 1. The number of nitrogens with zero attached hydrogens (tertiary/aromatic N) is 2. The van der Waals surface area contributed by atoms with E-state index < -0.39 is 17.8 Å². The molecule has 0 spiro atoms. The van der Waals surface area contributed by atoms with Crippen LogP contribution >= 0.6 is 0 Å². The van der Waals surface area contributed by atoms with E-state index in [1.54, 1.807) is 0 Å². The number of carbonyl (C=O) groups excluding carboxylic acids is 2. The van der Waals surface area contributed by atoms with Crippen molar-refractivity contribution in [1.82, 2.24) is 15.1 Å². The molecule has 8 nitrogen and oxygen atoms in total. The zero-order valence-corrected chi connectivity index (χ0v) is 10.8. The van der Waals surface area contributed by atoms with Gasteiger partial charge in [0.05, 0.1) is 12.1 Å². The number of carboxylic acids is 1. The summed E-state index contributed by atoms with van der Waals surface area (Å²) in [6.45, 7) is 2.39. The Morgan fingerprint density at radius 1 is 1.37 bits per heavy atom. The van der Waals surface area contributed by atoms with Crippen LogP contribution in [0.3, 0.4) is 0 Å². The largest absolute Gasteiger partial charge is 0.481 e. The van der Waals surface area contributed by atoms with Gasteiger partial charge in [-0.1, -0.05) is 0 Å². The molecule has 0 aromatic carbocycles. The van der Waals surface area contributed by atoms with Crippen LogP contribution in [0.5, 0.6) is 0 Å². The van der Waals surface area contributed by atoms with Gasteiger partial charge in [0.2, 0.25) is 5.91 Å². The fraction of sp³-hybridized carbons (Fsp3) is 0.455. The Hall–Kier alpha value is -2.38. The van der Waals surface area contributed by atoms with Gasteiger partial charge in [0.15, 0.2) is 5.69 Å². The first-order valence-corrected chi connectivity index (χ1v) is 5.79. The maximum absolute atomic E-state index is 11.6. The van der Waals surface area contributed by atoms with E-state index in [4.69, 9.17) is 5.11 Å². The van der Waals surface area contributed by atoms with Gasteiger partial charge in [-0.15, -0.1) is 0 Å². The predicted octanol–water partition coefficient (Wildman–Crippen LogP) is 0.0659. The van der Waals surface area contributed by atoms with E-state index in [0.29, 0.717) is 6.54 Å². The van der Waals surface area contributed by atoms with Crippen LogP contribution in [-0.4, -0.2) is 39.7 Å². The summed E-state index contributed by atoms with van der Waals surface area (Å²) in [5.41, 5.74) is 0.379. The highest BCUT2D eigenvalue weighted by atomic mass is 16.4. The van der Waals surface area contributed by atoms with Gasteiger partial charge in [0.25, 0.3) is 5.91 Å². The van der Waals surface area contributed by atoms with Crippen LogP contribution in [0.1, 0.15) is 30.3 Å². The number of hydrogen-bond acceptors (Lipinski definition) is 4. The van der Waals surface area contributed by atoms with Crippen molar-refractivity contribution in [2.24, 2.45) is 0 Å². The Kier molecular flexibility index (Phi) is 5.04. The number of aryl methyl sites for hydroxylation is 1. The van der Waals surface area contributed by atoms with Crippen molar-refractivity contribution in [2.75, 3.05) is 12.4 Å². The highest BCUT2D eigenvalue weighted by Gasteiger charge is 2.17. The van der Waals surface area contributed by atoms with Crippen molar-refractivity contribution >= 4 is 23.5 Å². The molecule has 2 amide bonds. The molecule has 104 valence electrons. The third-order valence-corrected chi connectivity index (χ3v) is 2.37. The molecule has 1 heterocycles. The second-order valence-corrected chi connectivity index (χ2v) is 3.77. The fourth-order valence-electron chi connectivity index (χ4n) is 1.39. The van der Waals surface area contributed by atoms with E-state index in [9.17, 15) is 14.4 Å². The fourth-order valence-corrected chi connectivity index (χ4v) is 1.39. The molecule has 0 aliphatic carbocycles. The molecule has 0 aliphatic rings. The lowest BCUT2D eigenvalue weighted by molar-refractivity contribution is -0.138. The molecule has 19 heavy (non-hydrogen) atoms. The van der Waals surface area contributed by atoms with Crippen molar-refractivity contribution in [1.29, 1.82) is 0 Å². The maximum Gasteiger partial charge on any atom is 0.303 e.